The van der Waals surface area contributed by atoms with Gasteiger partial charge in [0.2, 0.25) is 5.91 Å². The average Bonchev–Trinajstić information content (AvgIpc) is 2.28. The largest absolute Gasteiger partial charge is 0.325 e. The van der Waals surface area contributed by atoms with E-state index < -0.39 is 0 Å². The molecule has 0 fully saturated rings. The van der Waals surface area contributed by atoms with Crippen molar-refractivity contribution in [3.63, 3.8) is 0 Å². The quantitative estimate of drug-likeness (QED) is 0.791. The minimum atomic E-state index is -0.0560. The number of hydrogen-bond donors (Lipinski definition) is 1. The molecule has 78 valence electrons. The van der Waals surface area contributed by atoms with Crippen molar-refractivity contribution in [3.05, 3.63) is 29.8 Å². The Bertz CT molecular complexity index is 395. The van der Waals surface area contributed by atoms with Gasteiger partial charge in [0.05, 0.1) is 5.25 Å². The van der Waals surface area contributed by atoms with E-state index in [9.17, 15) is 4.79 Å². The van der Waals surface area contributed by atoms with E-state index >= 15 is 0 Å². The highest BCUT2D eigenvalue weighted by atomic mass is 32.2. The van der Waals surface area contributed by atoms with E-state index in [1.54, 1.807) is 6.07 Å². The summed E-state index contributed by atoms with van der Waals surface area (Å²) in [5, 5.41) is 2.76. The van der Waals surface area contributed by atoms with Gasteiger partial charge in [0.1, 0.15) is 0 Å². The van der Waals surface area contributed by atoms with Crippen LogP contribution in [0.15, 0.2) is 24.3 Å². The zero-order chi connectivity index (χ0) is 11.3. The molecule has 0 saturated heterocycles. The summed E-state index contributed by atoms with van der Waals surface area (Å²) in [6, 6.07) is 7.26. The summed E-state index contributed by atoms with van der Waals surface area (Å²) in [7, 11) is 0. The lowest BCUT2D eigenvalue weighted by Gasteiger charge is -2.09. The maximum atomic E-state index is 11.6. The number of carbonyl (C=O) groups is 1. The summed E-state index contributed by atoms with van der Waals surface area (Å²) in [6.07, 6.45) is 7.17. The fraction of sp³-hybridized carbons (Fsp3) is 0.250. The molecule has 1 aromatic carbocycles. The van der Waals surface area contributed by atoms with Crippen LogP contribution in [0.1, 0.15) is 12.5 Å². The van der Waals surface area contributed by atoms with Crippen molar-refractivity contribution >= 4 is 23.4 Å². The van der Waals surface area contributed by atoms with E-state index in [2.05, 4.69) is 11.2 Å². The number of rotatable bonds is 3. The van der Waals surface area contributed by atoms with Crippen molar-refractivity contribution in [2.45, 2.75) is 12.2 Å². The van der Waals surface area contributed by atoms with E-state index in [1.165, 1.54) is 11.8 Å². The van der Waals surface area contributed by atoms with Gasteiger partial charge in [-0.1, -0.05) is 12.0 Å². The van der Waals surface area contributed by atoms with Crippen LogP contribution in [0.2, 0.25) is 0 Å². The van der Waals surface area contributed by atoms with Gasteiger partial charge in [-0.2, -0.15) is 11.8 Å². The van der Waals surface area contributed by atoms with Gasteiger partial charge in [-0.3, -0.25) is 4.79 Å². The molecule has 0 heterocycles. The predicted octanol–water partition coefficient (Wildman–Crippen LogP) is 2.36. The molecule has 0 spiro atoms. The number of nitrogens with one attached hydrogen (secondary N) is 1. The third-order valence-corrected chi connectivity index (χ3v) is 2.94. The van der Waals surface area contributed by atoms with Crippen LogP contribution < -0.4 is 5.32 Å². The normalized spacial score (nSPS) is 11.5. The van der Waals surface area contributed by atoms with Crippen molar-refractivity contribution in [1.82, 2.24) is 0 Å². The van der Waals surface area contributed by atoms with Gasteiger partial charge < -0.3 is 5.32 Å². The zero-order valence-electron chi connectivity index (χ0n) is 8.78. The van der Waals surface area contributed by atoms with E-state index in [4.69, 9.17) is 6.42 Å². The average molecular weight is 219 g/mol. The van der Waals surface area contributed by atoms with Gasteiger partial charge in [0.25, 0.3) is 0 Å². The molecule has 3 heteroatoms. The number of anilines is 1. The Kier molecular flexibility index (Phi) is 4.26. The Morgan fingerprint density at radius 2 is 2.33 bits per heavy atom. The fourth-order valence-electron chi connectivity index (χ4n) is 1.04. The first-order chi connectivity index (χ1) is 7.17. The number of carbonyl (C=O) groups excluding carboxylic acids is 1. The van der Waals surface area contributed by atoms with Gasteiger partial charge in [0.15, 0.2) is 0 Å². The zero-order valence-corrected chi connectivity index (χ0v) is 9.60. The number of thioether (sulfide) groups is 1. The number of amides is 1. The van der Waals surface area contributed by atoms with Gasteiger partial charge >= 0.3 is 0 Å². The lowest BCUT2D eigenvalue weighted by Crippen LogP contribution is -2.21. The maximum Gasteiger partial charge on any atom is 0.237 e. The molecule has 0 aliphatic carbocycles. The van der Waals surface area contributed by atoms with Crippen LogP contribution in [0.4, 0.5) is 5.69 Å². The third kappa shape index (κ3) is 3.34. The molecule has 1 aromatic rings. The Hall–Kier alpha value is -1.40. The lowest BCUT2D eigenvalue weighted by atomic mass is 10.2. The number of benzene rings is 1. The van der Waals surface area contributed by atoms with E-state index in [1.807, 2.05) is 31.4 Å². The van der Waals surface area contributed by atoms with Gasteiger partial charge in [-0.05, 0) is 31.4 Å². The molecule has 1 N–H and O–H groups in total. The van der Waals surface area contributed by atoms with Crippen molar-refractivity contribution in [1.29, 1.82) is 0 Å². The standard InChI is InChI=1S/C12H13NOS/c1-4-10-6-5-7-11(8-10)13-12(14)9(2)15-3/h1,5-9H,2-3H3,(H,13,14). The summed E-state index contributed by atoms with van der Waals surface area (Å²) in [5.41, 5.74) is 1.51. The van der Waals surface area contributed by atoms with Crippen LogP contribution >= 0.6 is 11.8 Å². The van der Waals surface area contributed by atoms with Crippen molar-refractivity contribution < 1.29 is 4.79 Å². The van der Waals surface area contributed by atoms with Crippen LogP contribution in [0.3, 0.4) is 0 Å². The van der Waals surface area contributed by atoms with Crippen molar-refractivity contribution in [2.24, 2.45) is 0 Å². The highest BCUT2D eigenvalue weighted by Gasteiger charge is 2.10. The maximum absolute atomic E-state index is 11.6. The van der Waals surface area contributed by atoms with Crippen molar-refractivity contribution in [3.8, 4) is 12.3 Å². The molecule has 15 heavy (non-hydrogen) atoms. The van der Waals surface area contributed by atoms with Crippen LogP contribution in [0.25, 0.3) is 0 Å². The Morgan fingerprint density at radius 3 is 2.93 bits per heavy atom. The smallest absolute Gasteiger partial charge is 0.237 e. The Balaban J connectivity index is 2.73. The van der Waals surface area contributed by atoms with Crippen LogP contribution in [0, 0.1) is 12.3 Å². The Labute approximate surface area is 94.5 Å². The molecule has 0 saturated carbocycles. The van der Waals surface area contributed by atoms with Crippen LogP contribution in [-0.4, -0.2) is 17.4 Å². The molecular formula is C12H13NOS. The molecule has 0 bridgehead atoms. The molecule has 1 rings (SSSR count). The SMILES string of the molecule is C#Cc1cccc(NC(=O)C(C)SC)c1. The minimum Gasteiger partial charge on any atom is -0.325 e. The first kappa shape index (κ1) is 11.7. The topological polar surface area (TPSA) is 29.1 Å². The second-order valence-corrected chi connectivity index (χ2v) is 4.27. The second-order valence-electron chi connectivity index (χ2n) is 3.09. The van der Waals surface area contributed by atoms with E-state index in [0.29, 0.717) is 0 Å². The van der Waals surface area contributed by atoms with Crippen LogP contribution in [-0.2, 0) is 4.79 Å². The molecule has 0 aromatic heterocycles. The number of hydrogen-bond acceptors (Lipinski definition) is 2. The van der Waals surface area contributed by atoms with Crippen LogP contribution in [0.5, 0.6) is 0 Å². The molecule has 1 amide bonds. The molecule has 1 unspecified atom stereocenters. The second kappa shape index (κ2) is 5.47. The Morgan fingerprint density at radius 1 is 1.60 bits per heavy atom. The summed E-state index contributed by atoms with van der Waals surface area (Å²) < 4.78 is 0. The van der Waals surface area contributed by atoms with E-state index in [-0.39, 0.29) is 11.2 Å². The summed E-state index contributed by atoms with van der Waals surface area (Å²) in [4.78, 5) is 11.6. The number of terminal acetylenes is 1. The van der Waals surface area contributed by atoms with Gasteiger partial charge in [0, 0.05) is 11.3 Å². The minimum absolute atomic E-state index is 0.00308. The summed E-state index contributed by atoms with van der Waals surface area (Å²) >= 11 is 1.51. The van der Waals surface area contributed by atoms with Crippen molar-refractivity contribution in [2.75, 3.05) is 11.6 Å². The fourth-order valence-corrected chi connectivity index (χ4v) is 1.31. The highest BCUT2D eigenvalue weighted by molar-refractivity contribution is 7.99. The first-order valence-corrected chi connectivity index (χ1v) is 5.86. The molecular weight excluding hydrogens is 206 g/mol. The van der Waals surface area contributed by atoms with E-state index in [0.717, 1.165) is 11.3 Å². The molecule has 1 atom stereocenters. The highest BCUT2D eigenvalue weighted by Crippen LogP contribution is 2.12. The third-order valence-electron chi connectivity index (χ3n) is 2.02. The van der Waals surface area contributed by atoms with Gasteiger partial charge in [-0.15, -0.1) is 6.42 Å². The summed E-state index contributed by atoms with van der Waals surface area (Å²) in [6.45, 7) is 1.87. The van der Waals surface area contributed by atoms with Gasteiger partial charge in [-0.25, -0.2) is 0 Å². The summed E-state index contributed by atoms with van der Waals surface area (Å²) in [5.74, 6) is 2.52. The molecule has 0 radical (unpaired) electrons. The first-order valence-electron chi connectivity index (χ1n) is 4.57. The molecule has 0 aliphatic heterocycles. The predicted molar refractivity (Wildman–Crippen MR) is 66.0 cm³/mol. The molecule has 0 aliphatic rings. The molecule has 2 nitrogen and oxygen atoms in total. The lowest BCUT2D eigenvalue weighted by molar-refractivity contribution is -0.115. The monoisotopic (exact) mass is 219 g/mol.